The Labute approximate surface area is 205 Å². The molecule has 2 atom stereocenters. The molecule has 0 radical (unpaired) electrons. The van der Waals surface area contributed by atoms with Crippen molar-refractivity contribution < 1.29 is 22.1 Å². The van der Waals surface area contributed by atoms with E-state index in [1.165, 1.54) is 6.20 Å². The molecule has 2 aromatic rings. The van der Waals surface area contributed by atoms with Crippen LogP contribution in [0.2, 0.25) is 0 Å². The summed E-state index contributed by atoms with van der Waals surface area (Å²) < 4.78 is 60.2. The minimum Gasteiger partial charge on any atom is -0.486 e. The summed E-state index contributed by atoms with van der Waals surface area (Å²) in [5.41, 5.74) is 2.57. The molecular weight excluding hydrogens is 481 g/mol. The van der Waals surface area contributed by atoms with Crippen molar-refractivity contribution in [3.05, 3.63) is 57.3 Å². The molecule has 4 rings (SSSR count). The third-order valence-electron chi connectivity index (χ3n) is 6.83. The second-order valence-corrected chi connectivity index (χ2v) is 10.8. The van der Waals surface area contributed by atoms with Crippen LogP contribution in [0.3, 0.4) is 0 Å². The maximum Gasteiger partial charge on any atom is 0.406 e. The number of halogens is 3. The van der Waals surface area contributed by atoms with Crippen LogP contribution in [0.5, 0.6) is 5.75 Å². The molecule has 2 aliphatic heterocycles. The summed E-state index contributed by atoms with van der Waals surface area (Å²) in [6.45, 7) is 5.04. The molecule has 0 amide bonds. The quantitative estimate of drug-likeness (QED) is 0.568. The highest BCUT2D eigenvalue weighted by Gasteiger charge is 2.34. The average Bonchev–Trinajstić information content (AvgIpc) is 3.22. The van der Waals surface area contributed by atoms with Crippen molar-refractivity contribution >= 4 is 11.0 Å². The van der Waals surface area contributed by atoms with E-state index in [1.54, 1.807) is 13.2 Å². The summed E-state index contributed by atoms with van der Waals surface area (Å²) in [4.78, 5) is 19.4. The number of rotatable bonds is 7. The van der Waals surface area contributed by atoms with Gasteiger partial charge in [-0.1, -0.05) is 23.8 Å². The second-order valence-electron chi connectivity index (χ2n) is 9.45. The van der Waals surface area contributed by atoms with Crippen molar-refractivity contribution in [2.24, 2.45) is 5.92 Å². The van der Waals surface area contributed by atoms with Crippen molar-refractivity contribution in [1.82, 2.24) is 18.8 Å². The van der Waals surface area contributed by atoms with Crippen LogP contribution in [-0.4, -0.2) is 55.1 Å². The first-order valence-corrected chi connectivity index (χ1v) is 13.2. The predicted octanol–water partition coefficient (Wildman–Crippen LogP) is 3.58. The number of benzene rings is 1. The fraction of sp³-hybridized carbons (Fsp3) is 0.583. The molecular formula is C24H31F3N4O3S. The van der Waals surface area contributed by atoms with Gasteiger partial charge in [-0.05, 0) is 43.7 Å². The maximum atomic E-state index is 13.4. The summed E-state index contributed by atoms with van der Waals surface area (Å²) in [6.07, 6.45) is -0.200. The van der Waals surface area contributed by atoms with Crippen molar-refractivity contribution in [1.29, 1.82) is 0 Å². The van der Waals surface area contributed by atoms with Crippen LogP contribution in [-0.2, 0) is 30.6 Å². The highest BCUT2D eigenvalue weighted by Crippen LogP contribution is 2.32. The molecule has 7 nitrogen and oxygen atoms in total. The van der Waals surface area contributed by atoms with Crippen LogP contribution >= 0.6 is 0 Å². The Morgan fingerprint density at radius 2 is 1.89 bits per heavy atom. The summed E-state index contributed by atoms with van der Waals surface area (Å²) in [6, 6.07) is 5.64. The van der Waals surface area contributed by atoms with Crippen molar-refractivity contribution in [2.75, 3.05) is 26.0 Å². The minimum absolute atomic E-state index is 0.0722. The van der Waals surface area contributed by atoms with E-state index in [0.29, 0.717) is 30.7 Å². The molecule has 2 unspecified atom stereocenters. The first kappa shape index (κ1) is 25.8. The van der Waals surface area contributed by atoms with Gasteiger partial charge >= 0.3 is 6.18 Å². The van der Waals surface area contributed by atoms with Gasteiger partial charge in [-0.3, -0.25) is 14.3 Å². The Morgan fingerprint density at radius 1 is 1.20 bits per heavy atom. The zero-order valence-electron chi connectivity index (χ0n) is 20.2. The highest BCUT2D eigenvalue weighted by molar-refractivity contribution is 7.81. The monoisotopic (exact) mass is 512 g/mol. The van der Waals surface area contributed by atoms with Gasteiger partial charge in [-0.25, -0.2) is 13.5 Å². The minimum atomic E-state index is -4.58. The fourth-order valence-electron chi connectivity index (χ4n) is 4.78. The zero-order chi connectivity index (χ0) is 25.3. The molecule has 1 aromatic heterocycles. The van der Waals surface area contributed by atoms with E-state index in [1.807, 2.05) is 28.3 Å². The number of aromatic nitrogens is 2. The Bertz CT molecular complexity index is 1150. The second kappa shape index (κ2) is 10.4. The van der Waals surface area contributed by atoms with Crippen LogP contribution in [0.15, 0.2) is 29.2 Å². The Hall–Kier alpha value is -2.24. The molecule has 0 aliphatic carbocycles. The number of hydrogen-bond acceptors (Lipinski definition) is 5. The van der Waals surface area contributed by atoms with Gasteiger partial charge in [0.25, 0.3) is 5.56 Å². The highest BCUT2D eigenvalue weighted by atomic mass is 32.2. The largest absolute Gasteiger partial charge is 0.486 e. The van der Waals surface area contributed by atoms with Gasteiger partial charge in [-0.2, -0.15) is 13.2 Å². The van der Waals surface area contributed by atoms with E-state index in [-0.39, 0.29) is 24.1 Å². The SMILES string of the molecule is Cc1ccc2c(c1)CN(C(C)c1ncc(OCC3CCN(S(C)=O)CC3)c(=O)n1CC(F)(F)F)C2. The van der Waals surface area contributed by atoms with Gasteiger partial charge in [0.2, 0.25) is 5.75 Å². The maximum absolute atomic E-state index is 13.4. The van der Waals surface area contributed by atoms with E-state index >= 15 is 0 Å². The fourth-order valence-corrected chi connectivity index (χ4v) is 5.50. The topological polar surface area (TPSA) is 67.7 Å². The van der Waals surface area contributed by atoms with Crippen molar-refractivity contribution in [3.63, 3.8) is 0 Å². The molecule has 35 heavy (non-hydrogen) atoms. The zero-order valence-corrected chi connectivity index (χ0v) is 21.0. The van der Waals surface area contributed by atoms with Gasteiger partial charge < -0.3 is 4.74 Å². The molecule has 0 spiro atoms. The van der Waals surface area contributed by atoms with E-state index in [2.05, 4.69) is 11.1 Å². The first-order chi connectivity index (χ1) is 16.5. The number of ether oxygens (including phenoxy) is 1. The van der Waals surface area contributed by atoms with Crippen LogP contribution in [0, 0.1) is 12.8 Å². The summed E-state index contributed by atoms with van der Waals surface area (Å²) >= 11 is 0. The Balaban J connectivity index is 1.52. The normalized spacial score (nSPS) is 19.5. The molecule has 3 heterocycles. The number of piperidine rings is 1. The lowest BCUT2D eigenvalue weighted by molar-refractivity contribution is -0.142. The number of fused-ring (bicyclic) bond motifs is 1. The lowest BCUT2D eigenvalue weighted by atomic mass is 9.99. The lowest BCUT2D eigenvalue weighted by Gasteiger charge is -2.30. The van der Waals surface area contributed by atoms with Gasteiger partial charge in [0.05, 0.1) is 29.8 Å². The smallest absolute Gasteiger partial charge is 0.406 e. The lowest BCUT2D eigenvalue weighted by Crippen LogP contribution is -2.37. The van der Waals surface area contributed by atoms with E-state index < -0.39 is 35.3 Å². The van der Waals surface area contributed by atoms with E-state index in [0.717, 1.165) is 29.5 Å². The summed E-state index contributed by atoms with van der Waals surface area (Å²) in [5, 5.41) is 0. The molecule has 2 aliphatic rings. The van der Waals surface area contributed by atoms with E-state index in [9.17, 15) is 22.2 Å². The van der Waals surface area contributed by atoms with Crippen LogP contribution in [0.25, 0.3) is 0 Å². The number of alkyl halides is 3. The Morgan fingerprint density at radius 3 is 2.54 bits per heavy atom. The summed E-state index contributed by atoms with van der Waals surface area (Å²) in [7, 11) is -1.03. The van der Waals surface area contributed by atoms with Crippen LogP contribution < -0.4 is 10.3 Å². The summed E-state index contributed by atoms with van der Waals surface area (Å²) in [5.74, 6) is 0.0328. The third kappa shape index (κ3) is 6.13. The molecule has 1 aromatic carbocycles. The van der Waals surface area contributed by atoms with Gasteiger partial charge in [-0.15, -0.1) is 0 Å². The molecule has 0 saturated carbocycles. The molecule has 0 bridgehead atoms. The molecule has 1 saturated heterocycles. The van der Waals surface area contributed by atoms with Crippen molar-refractivity contribution in [2.45, 2.75) is 58.5 Å². The predicted molar refractivity (Wildman–Crippen MR) is 127 cm³/mol. The third-order valence-corrected chi connectivity index (χ3v) is 7.92. The molecule has 11 heteroatoms. The van der Waals surface area contributed by atoms with Crippen LogP contribution in [0.1, 0.15) is 48.3 Å². The average molecular weight is 513 g/mol. The van der Waals surface area contributed by atoms with Gasteiger partial charge in [0.1, 0.15) is 12.4 Å². The van der Waals surface area contributed by atoms with Crippen molar-refractivity contribution in [3.8, 4) is 5.75 Å². The van der Waals surface area contributed by atoms with Gasteiger partial charge in [0, 0.05) is 32.4 Å². The first-order valence-electron chi connectivity index (χ1n) is 11.7. The number of aryl methyl sites for hydroxylation is 1. The van der Waals surface area contributed by atoms with Crippen LogP contribution in [0.4, 0.5) is 13.2 Å². The molecule has 1 fully saturated rings. The molecule has 0 N–H and O–H groups in total. The standard InChI is InChI=1S/C24H31F3N4O3S/c1-16-4-5-19-12-29(13-20(19)10-16)17(2)22-28-11-21(23(32)31(22)15-24(25,26)27)34-14-18-6-8-30(9-7-18)35(3)33/h4-5,10-11,17-18H,6-9,12-15H2,1-3H3. The van der Waals surface area contributed by atoms with E-state index in [4.69, 9.17) is 4.74 Å². The Kier molecular flexibility index (Phi) is 7.68. The van der Waals surface area contributed by atoms with Gasteiger partial charge in [0.15, 0.2) is 0 Å². The molecule has 192 valence electrons. The number of hydrogen-bond donors (Lipinski definition) is 0. The number of nitrogens with zero attached hydrogens (tertiary/aromatic N) is 4.